The summed E-state index contributed by atoms with van der Waals surface area (Å²) >= 11 is 0. The monoisotopic (exact) mass is 261 g/mol. The molecule has 1 heterocycles. The fourth-order valence-electron chi connectivity index (χ4n) is 2.64. The van der Waals surface area contributed by atoms with Gasteiger partial charge in [-0.15, -0.1) is 0 Å². The van der Waals surface area contributed by atoms with Crippen molar-refractivity contribution in [3.63, 3.8) is 0 Å². The highest BCUT2D eigenvalue weighted by molar-refractivity contribution is 5.78. The van der Waals surface area contributed by atoms with Crippen molar-refractivity contribution in [2.75, 3.05) is 6.54 Å². The fraction of sp³-hybridized carbons (Fsp3) is 0.158. The molecular weight excluding hydrogens is 242 g/mol. The van der Waals surface area contributed by atoms with E-state index in [4.69, 9.17) is 0 Å². The van der Waals surface area contributed by atoms with Crippen LogP contribution in [-0.4, -0.2) is 6.54 Å². The number of dihydropyridines is 1. The maximum Gasteiger partial charge on any atom is 0.0419 e. The first-order valence-corrected chi connectivity index (χ1v) is 7.02. The lowest BCUT2D eigenvalue weighted by molar-refractivity contribution is 1.01. The van der Waals surface area contributed by atoms with Gasteiger partial charge in [0.25, 0.3) is 0 Å². The van der Waals surface area contributed by atoms with Crippen LogP contribution in [-0.2, 0) is 0 Å². The Balaban J connectivity index is 1.91. The smallest absolute Gasteiger partial charge is 0.0419 e. The molecule has 1 aliphatic heterocycles. The number of rotatable bonds is 2. The Hall–Kier alpha value is -2.28. The Morgan fingerprint density at radius 3 is 2.35 bits per heavy atom. The van der Waals surface area contributed by atoms with Gasteiger partial charge in [0.1, 0.15) is 0 Å². The minimum Gasteiger partial charge on any atom is -0.380 e. The van der Waals surface area contributed by atoms with Crippen molar-refractivity contribution in [3.05, 3.63) is 82.9 Å². The third kappa shape index (κ3) is 2.53. The van der Waals surface area contributed by atoms with Gasteiger partial charge in [-0.3, -0.25) is 0 Å². The summed E-state index contributed by atoms with van der Waals surface area (Å²) in [6.07, 6.45) is 4.41. The normalized spacial score (nSPS) is 14.3. The first-order valence-electron chi connectivity index (χ1n) is 7.02. The molecule has 0 spiro atoms. The van der Waals surface area contributed by atoms with Gasteiger partial charge in [0, 0.05) is 17.8 Å². The molecule has 100 valence electrons. The van der Waals surface area contributed by atoms with Crippen LogP contribution in [0.2, 0.25) is 0 Å². The Morgan fingerprint density at radius 2 is 1.70 bits per heavy atom. The third-order valence-electron chi connectivity index (χ3n) is 3.74. The highest BCUT2D eigenvalue weighted by Crippen LogP contribution is 2.23. The number of hydrogen-bond acceptors (Lipinski definition) is 1. The van der Waals surface area contributed by atoms with Crippen molar-refractivity contribution in [1.29, 1.82) is 0 Å². The van der Waals surface area contributed by atoms with E-state index in [1.54, 1.807) is 0 Å². The van der Waals surface area contributed by atoms with Crippen LogP contribution in [0, 0.1) is 13.8 Å². The third-order valence-corrected chi connectivity index (χ3v) is 3.74. The van der Waals surface area contributed by atoms with E-state index in [0.717, 1.165) is 6.54 Å². The molecule has 1 aliphatic rings. The number of nitrogens with one attached hydrogen (secondary N) is 1. The average Bonchev–Trinajstić information content (AvgIpc) is 2.48. The van der Waals surface area contributed by atoms with Gasteiger partial charge in [0.15, 0.2) is 0 Å². The van der Waals surface area contributed by atoms with E-state index >= 15 is 0 Å². The summed E-state index contributed by atoms with van der Waals surface area (Å²) in [6.45, 7) is 5.18. The summed E-state index contributed by atoms with van der Waals surface area (Å²) in [4.78, 5) is 0. The molecule has 0 fully saturated rings. The molecule has 0 bridgehead atoms. The lowest BCUT2D eigenvalue weighted by atomic mass is 9.98. The minimum atomic E-state index is 0.878. The number of allylic oxidation sites excluding steroid dienone is 2. The van der Waals surface area contributed by atoms with Crippen LogP contribution in [0.25, 0.3) is 11.3 Å². The van der Waals surface area contributed by atoms with Gasteiger partial charge in [0.05, 0.1) is 0 Å². The summed E-state index contributed by atoms with van der Waals surface area (Å²) in [5.74, 6) is 0. The standard InChI is InChI=1S/C19H19N/c1-14-8-10-18(15(2)12-14)19-11-9-17(13-20-19)16-6-4-3-5-7-16/h3-12,20H,13H2,1-2H3. The minimum absolute atomic E-state index is 0.878. The molecule has 2 aromatic rings. The van der Waals surface area contributed by atoms with Crippen LogP contribution in [0.5, 0.6) is 0 Å². The Morgan fingerprint density at radius 1 is 0.900 bits per heavy atom. The van der Waals surface area contributed by atoms with Crippen LogP contribution >= 0.6 is 0 Å². The quantitative estimate of drug-likeness (QED) is 0.848. The van der Waals surface area contributed by atoms with Crippen molar-refractivity contribution in [2.45, 2.75) is 13.8 Å². The molecular formula is C19H19N. The molecule has 2 aromatic carbocycles. The molecule has 0 aliphatic carbocycles. The molecule has 1 heteroatoms. The summed E-state index contributed by atoms with van der Waals surface area (Å²) in [7, 11) is 0. The number of aryl methyl sites for hydroxylation is 2. The van der Waals surface area contributed by atoms with Crippen molar-refractivity contribution < 1.29 is 0 Å². The Kier molecular flexibility index (Phi) is 3.42. The largest absolute Gasteiger partial charge is 0.380 e. The van der Waals surface area contributed by atoms with Gasteiger partial charge in [-0.1, -0.05) is 60.2 Å². The lowest BCUT2D eigenvalue weighted by Gasteiger charge is -2.19. The lowest BCUT2D eigenvalue weighted by Crippen LogP contribution is -2.18. The maximum atomic E-state index is 3.54. The average molecular weight is 261 g/mol. The van der Waals surface area contributed by atoms with E-state index in [1.165, 1.54) is 33.5 Å². The maximum absolute atomic E-state index is 3.54. The molecule has 0 radical (unpaired) electrons. The van der Waals surface area contributed by atoms with Gasteiger partial charge in [0.2, 0.25) is 0 Å². The van der Waals surface area contributed by atoms with Gasteiger partial charge in [-0.2, -0.15) is 0 Å². The molecule has 0 saturated carbocycles. The SMILES string of the molecule is Cc1ccc(C2=CC=C(c3ccccc3)CN2)c(C)c1. The van der Waals surface area contributed by atoms with Crippen molar-refractivity contribution in [1.82, 2.24) is 5.32 Å². The van der Waals surface area contributed by atoms with E-state index in [-0.39, 0.29) is 0 Å². The van der Waals surface area contributed by atoms with Gasteiger partial charge >= 0.3 is 0 Å². The molecule has 3 rings (SSSR count). The molecule has 1 nitrogen and oxygen atoms in total. The van der Waals surface area contributed by atoms with Crippen LogP contribution in [0.3, 0.4) is 0 Å². The zero-order valence-electron chi connectivity index (χ0n) is 12.0. The van der Waals surface area contributed by atoms with Gasteiger partial charge in [-0.05, 0) is 36.6 Å². The zero-order chi connectivity index (χ0) is 13.9. The predicted octanol–water partition coefficient (Wildman–Crippen LogP) is 4.33. The van der Waals surface area contributed by atoms with Crippen LogP contribution in [0.4, 0.5) is 0 Å². The van der Waals surface area contributed by atoms with Crippen LogP contribution in [0.15, 0.2) is 60.7 Å². The molecule has 0 amide bonds. The zero-order valence-corrected chi connectivity index (χ0v) is 12.0. The molecule has 0 aromatic heterocycles. The Bertz CT molecular complexity index is 678. The second-order valence-electron chi connectivity index (χ2n) is 5.31. The van der Waals surface area contributed by atoms with E-state index in [2.05, 4.69) is 79.8 Å². The van der Waals surface area contributed by atoms with Crippen LogP contribution < -0.4 is 5.32 Å². The van der Waals surface area contributed by atoms with Crippen LogP contribution in [0.1, 0.15) is 22.3 Å². The second-order valence-corrected chi connectivity index (χ2v) is 5.31. The molecule has 1 N–H and O–H groups in total. The molecule has 20 heavy (non-hydrogen) atoms. The van der Waals surface area contributed by atoms with Gasteiger partial charge in [-0.25, -0.2) is 0 Å². The summed E-state index contributed by atoms with van der Waals surface area (Å²) in [5.41, 5.74) is 7.75. The van der Waals surface area contributed by atoms with E-state index in [1.807, 2.05) is 0 Å². The summed E-state index contributed by atoms with van der Waals surface area (Å²) in [6, 6.07) is 17.1. The molecule has 0 unspecified atom stereocenters. The molecule has 0 atom stereocenters. The fourth-order valence-corrected chi connectivity index (χ4v) is 2.64. The Labute approximate surface area is 120 Å². The van der Waals surface area contributed by atoms with Gasteiger partial charge < -0.3 is 5.32 Å². The highest BCUT2D eigenvalue weighted by atomic mass is 14.9. The topological polar surface area (TPSA) is 12.0 Å². The highest BCUT2D eigenvalue weighted by Gasteiger charge is 2.10. The number of benzene rings is 2. The van der Waals surface area contributed by atoms with E-state index in [9.17, 15) is 0 Å². The molecule has 0 saturated heterocycles. The van der Waals surface area contributed by atoms with Crippen molar-refractivity contribution in [3.8, 4) is 0 Å². The van der Waals surface area contributed by atoms with Crippen molar-refractivity contribution in [2.24, 2.45) is 0 Å². The predicted molar refractivity (Wildman–Crippen MR) is 86.3 cm³/mol. The van der Waals surface area contributed by atoms with E-state index in [0.29, 0.717) is 0 Å². The van der Waals surface area contributed by atoms with E-state index < -0.39 is 0 Å². The summed E-state index contributed by atoms with van der Waals surface area (Å²) < 4.78 is 0. The second kappa shape index (κ2) is 5.38. The number of hydrogen-bond donors (Lipinski definition) is 1. The first kappa shape index (κ1) is 12.7. The van der Waals surface area contributed by atoms with Crippen molar-refractivity contribution >= 4 is 11.3 Å². The first-order chi connectivity index (χ1) is 9.74. The summed E-state index contributed by atoms with van der Waals surface area (Å²) in [5, 5.41) is 3.54.